The Morgan fingerprint density at radius 2 is 1.80 bits per heavy atom. The first-order valence-electron chi connectivity index (χ1n) is 4.08. The lowest BCUT2D eigenvalue weighted by Gasteiger charge is -2.22. The highest BCUT2D eigenvalue weighted by atomic mass is 127. The molecule has 0 bridgehead atoms. The second kappa shape index (κ2) is 2.34. The van der Waals surface area contributed by atoms with Crippen molar-refractivity contribution >= 4 is 22.6 Å². The molecule has 1 saturated carbocycles. The van der Waals surface area contributed by atoms with Crippen molar-refractivity contribution in [3.05, 3.63) is 0 Å². The molecule has 0 radical (unpaired) electrons. The van der Waals surface area contributed by atoms with Crippen LogP contribution in [0.3, 0.4) is 0 Å². The Labute approximate surface area is 76.3 Å². The van der Waals surface area contributed by atoms with Gasteiger partial charge in [0.2, 0.25) is 0 Å². The summed E-state index contributed by atoms with van der Waals surface area (Å²) in [6.45, 7) is 7.34. The highest BCUT2D eigenvalue weighted by molar-refractivity contribution is 14.1. The standard InChI is InChI=1S/C8H14IN/c1-5(2)10-3-6-7(4-10)8(6)9/h5-8H,3-4H2,1-2H3/t6-,7+,8+. The largest absolute Gasteiger partial charge is 0.300 e. The van der Waals surface area contributed by atoms with Gasteiger partial charge in [0.05, 0.1) is 0 Å². The number of halogens is 1. The molecule has 0 amide bonds. The van der Waals surface area contributed by atoms with E-state index in [0.29, 0.717) is 0 Å². The van der Waals surface area contributed by atoms with Crippen LogP contribution >= 0.6 is 22.6 Å². The van der Waals surface area contributed by atoms with Crippen molar-refractivity contribution in [2.75, 3.05) is 13.1 Å². The third kappa shape index (κ3) is 0.998. The van der Waals surface area contributed by atoms with Crippen LogP contribution in [0.15, 0.2) is 0 Å². The summed E-state index contributed by atoms with van der Waals surface area (Å²) in [5.41, 5.74) is 0. The molecule has 0 aromatic carbocycles. The van der Waals surface area contributed by atoms with Gasteiger partial charge in [0.15, 0.2) is 0 Å². The van der Waals surface area contributed by atoms with E-state index in [-0.39, 0.29) is 0 Å². The first kappa shape index (κ1) is 7.35. The maximum Gasteiger partial charge on any atom is 0.0197 e. The molecule has 2 aliphatic rings. The minimum absolute atomic E-state index is 0.774. The zero-order valence-corrected chi connectivity index (χ0v) is 8.71. The molecular formula is C8H14IN. The van der Waals surface area contributed by atoms with Crippen molar-refractivity contribution < 1.29 is 0 Å². The molecule has 0 aromatic rings. The molecule has 1 heterocycles. The summed E-state index contributed by atoms with van der Waals surface area (Å²) >= 11 is 2.60. The predicted octanol–water partition coefficient (Wildman–Crippen LogP) is 1.76. The van der Waals surface area contributed by atoms with Gasteiger partial charge in [0, 0.05) is 23.1 Å². The molecule has 0 unspecified atom stereocenters. The maximum atomic E-state index is 2.60. The highest BCUT2D eigenvalue weighted by Crippen LogP contribution is 2.51. The third-order valence-electron chi connectivity index (χ3n) is 2.85. The smallest absolute Gasteiger partial charge is 0.0197 e. The Kier molecular flexibility index (Phi) is 1.72. The number of fused-ring (bicyclic) bond motifs is 1. The van der Waals surface area contributed by atoms with Gasteiger partial charge in [-0.1, -0.05) is 22.6 Å². The van der Waals surface area contributed by atoms with Crippen molar-refractivity contribution in [2.45, 2.75) is 23.8 Å². The normalized spacial score (nSPS) is 46.2. The maximum absolute atomic E-state index is 2.60. The summed E-state index contributed by atoms with van der Waals surface area (Å²) in [7, 11) is 0. The van der Waals surface area contributed by atoms with Crippen LogP contribution in [0.4, 0.5) is 0 Å². The Morgan fingerprint density at radius 3 is 2.20 bits per heavy atom. The zero-order chi connectivity index (χ0) is 7.30. The molecule has 1 aliphatic heterocycles. The fourth-order valence-corrected chi connectivity index (χ4v) is 3.19. The van der Waals surface area contributed by atoms with Gasteiger partial charge in [-0.3, -0.25) is 0 Å². The van der Waals surface area contributed by atoms with E-state index in [4.69, 9.17) is 0 Å². The van der Waals surface area contributed by atoms with Crippen LogP contribution in [0.2, 0.25) is 0 Å². The van der Waals surface area contributed by atoms with E-state index in [1.807, 2.05) is 0 Å². The van der Waals surface area contributed by atoms with Gasteiger partial charge >= 0.3 is 0 Å². The number of hydrogen-bond donors (Lipinski definition) is 0. The van der Waals surface area contributed by atoms with E-state index in [1.165, 1.54) is 13.1 Å². The summed E-state index contributed by atoms with van der Waals surface area (Å²) in [6, 6.07) is 0.774. The van der Waals surface area contributed by atoms with Crippen LogP contribution in [0.25, 0.3) is 0 Å². The summed E-state index contributed by atoms with van der Waals surface area (Å²) in [5, 5.41) is 0. The van der Waals surface area contributed by atoms with Crippen LogP contribution in [-0.4, -0.2) is 28.0 Å². The minimum atomic E-state index is 0.774. The second-order valence-electron chi connectivity index (χ2n) is 3.82. The van der Waals surface area contributed by atoms with Gasteiger partial charge in [0.25, 0.3) is 0 Å². The van der Waals surface area contributed by atoms with Gasteiger partial charge in [-0.2, -0.15) is 0 Å². The minimum Gasteiger partial charge on any atom is -0.300 e. The Balaban J connectivity index is 1.89. The van der Waals surface area contributed by atoms with Crippen LogP contribution in [0.1, 0.15) is 13.8 Å². The lowest BCUT2D eigenvalue weighted by molar-refractivity contribution is 0.251. The summed E-state index contributed by atoms with van der Waals surface area (Å²) in [5.74, 6) is 2.12. The second-order valence-corrected chi connectivity index (χ2v) is 5.26. The number of nitrogens with zero attached hydrogens (tertiary/aromatic N) is 1. The SMILES string of the molecule is CC(C)N1C[C@@H]2[C@@H](I)[C@@H]2C1. The first-order valence-corrected chi connectivity index (χ1v) is 5.33. The molecule has 58 valence electrons. The van der Waals surface area contributed by atoms with Crippen LogP contribution in [0.5, 0.6) is 0 Å². The van der Waals surface area contributed by atoms with Crippen molar-refractivity contribution in [2.24, 2.45) is 11.8 Å². The summed E-state index contributed by atoms with van der Waals surface area (Å²) in [4.78, 5) is 2.60. The number of hydrogen-bond acceptors (Lipinski definition) is 1. The van der Waals surface area contributed by atoms with Crippen molar-refractivity contribution in [3.8, 4) is 0 Å². The Hall–Kier alpha value is 0.690. The van der Waals surface area contributed by atoms with Crippen LogP contribution in [0, 0.1) is 11.8 Å². The predicted molar refractivity (Wildman–Crippen MR) is 51.5 cm³/mol. The van der Waals surface area contributed by atoms with Crippen molar-refractivity contribution in [1.82, 2.24) is 4.90 Å². The molecule has 1 nitrogen and oxygen atoms in total. The summed E-state index contributed by atoms with van der Waals surface area (Å²) < 4.78 is 1.02. The van der Waals surface area contributed by atoms with E-state index in [1.54, 1.807) is 0 Å². The Bertz CT molecular complexity index is 134. The molecule has 0 aromatic heterocycles. The first-order chi connectivity index (χ1) is 4.70. The molecule has 2 rings (SSSR count). The Morgan fingerprint density at radius 1 is 1.30 bits per heavy atom. The lowest BCUT2D eigenvalue weighted by Crippen LogP contribution is -2.31. The van der Waals surface area contributed by atoms with Gasteiger partial charge in [0.1, 0.15) is 0 Å². The van der Waals surface area contributed by atoms with Crippen LogP contribution in [-0.2, 0) is 0 Å². The molecular weight excluding hydrogens is 237 g/mol. The van der Waals surface area contributed by atoms with Gasteiger partial charge in [-0.05, 0) is 25.7 Å². The van der Waals surface area contributed by atoms with Crippen LogP contribution < -0.4 is 0 Å². The number of rotatable bonds is 1. The number of likely N-dealkylation sites (tertiary alicyclic amines) is 1. The lowest BCUT2D eigenvalue weighted by atomic mass is 10.3. The summed E-state index contributed by atoms with van der Waals surface area (Å²) in [6.07, 6.45) is 0. The van der Waals surface area contributed by atoms with E-state index in [0.717, 1.165) is 21.8 Å². The third-order valence-corrected chi connectivity index (χ3v) is 4.70. The fraction of sp³-hybridized carbons (Fsp3) is 1.00. The van der Waals surface area contributed by atoms with Crippen molar-refractivity contribution in [1.29, 1.82) is 0 Å². The molecule has 0 N–H and O–H groups in total. The van der Waals surface area contributed by atoms with E-state index in [2.05, 4.69) is 41.3 Å². The number of piperidine rings is 1. The van der Waals surface area contributed by atoms with Crippen molar-refractivity contribution in [3.63, 3.8) is 0 Å². The highest BCUT2D eigenvalue weighted by Gasteiger charge is 2.54. The molecule has 1 saturated heterocycles. The quantitative estimate of drug-likeness (QED) is 0.507. The molecule has 1 aliphatic carbocycles. The molecule has 2 fully saturated rings. The fourth-order valence-electron chi connectivity index (χ4n) is 1.91. The molecule has 2 heteroatoms. The van der Waals surface area contributed by atoms with Gasteiger partial charge < -0.3 is 4.90 Å². The van der Waals surface area contributed by atoms with E-state index >= 15 is 0 Å². The van der Waals surface area contributed by atoms with E-state index < -0.39 is 0 Å². The molecule has 10 heavy (non-hydrogen) atoms. The average Bonchev–Trinajstić information content (AvgIpc) is 2.38. The van der Waals surface area contributed by atoms with Gasteiger partial charge in [-0.15, -0.1) is 0 Å². The molecule has 0 spiro atoms. The monoisotopic (exact) mass is 251 g/mol. The zero-order valence-electron chi connectivity index (χ0n) is 6.55. The molecule has 3 atom stereocenters. The topological polar surface area (TPSA) is 3.24 Å². The number of alkyl halides is 1. The van der Waals surface area contributed by atoms with E-state index in [9.17, 15) is 0 Å². The van der Waals surface area contributed by atoms with Gasteiger partial charge in [-0.25, -0.2) is 0 Å². The average molecular weight is 251 g/mol.